The van der Waals surface area contributed by atoms with Crippen molar-refractivity contribution >= 4 is 11.9 Å². The van der Waals surface area contributed by atoms with Crippen LogP contribution >= 0.6 is 0 Å². The van der Waals surface area contributed by atoms with Gasteiger partial charge in [0.2, 0.25) is 6.10 Å². The topological polar surface area (TPSA) is 52.6 Å². The Labute approximate surface area is 99.5 Å². The van der Waals surface area contributed by atoms with Gasteiger partial charge in [-0.05, 0) is 19.4 Å². The van der Waals surface area contributed by atoms with Gasteiger partial charge in [-0.3, -0.25) is 4.79 Å². The first kappa shape index (κ1) is 11.6. The molecule has 1 aliphatic heterocycles. The van der Waals surface area contributed by atoms with E-state index in [1.54, 1.807) is 13.8 Å². The fourth-order valence-electron chi connectivity index (χ4n) is 1.60. The van der Waals surface area contributed by atoms with Gasteiger partial charge in [-0.25, -0.2) is 4.79 Å². The van der Waals surface area contributed by atoms with Gasteiger partial charge in [0.1, 0.15) is 12.0 Å². The highest BCUT2D eigenvalue weighted by Crippen LogP contribution is 2.36. The Hall–Kier alpha value is -1.84. The molecule has 0 spiro atoms. The highest BCUT2D eigenvalue weighted by atomic mass is 16.6. The molecule has 1 aromatic carbocycles. The molecule has 0 N–H and O–H groups in total. The highest BCUT2D eigenvalue weighted by Gasteiger charge is 2.55. The van der Waals surface area contributed by atoms with Crippen molar-refractivity contribution in [2.45, 2.75) is 26.6 Å². The van der Waals surface area contributed by atoms with E-state index in [4.69, 9.17) is 9.47 Å². The molecule has 17 heavy (non-hydrogen) atoms. The zero-order valence-corrected chi connectivity index (χ0v) is 9.80. The predicted molar refractivity (Wildman–Crippen MR) is 59.9 cm³/mol. The Bertz CT molecular complexity index is 436. The SMILES string of the molecule is CC1(C)C(=O)O[C@H]1C(=O)OCc1ccccc1. The largest absolute Gasteiger partial charge is 0.458 e. The van der Waals surface area contributed by atoms with Gasteiger partial charge in [0, 0.05) is 0 Å². The fraction of sp³-hybridized carbons (Fsp3) is 0.385. The van der Waals surface area contributed by atoms with Crippen LogP contribution in [0.1, 0.15) is 19.4 Å². The lowest BCUT2D eigenvalue weighted by molar-refractivity contribution is -0.212. The third-order valence-electron chi connectivity index (χ3n) is 2.84. The first-order valence-electron chi connectivity index (χ1n) is 5.43. The van der Waals surface area contributed by atoms with Crippen molar-refractivity contribution < 1.29 is 19.1 Å². The standard InChI is InChI=1S/C13H14O4/c1-13(2)10(17-12(13)15)11(14)16-8-9-6-4-3-5-7-9/h3-7,10H,8H2,1-2H3/t10-/m0/s1. The summed E-state index contributed by atoms with van der Waals surface area (Å²) in [7, 11) is 0. The summed E-state index contributed by atoms with van der Waals surface area (Å²) in [5, 5.41) is 0. The Kier molecular flexibility index (Phi) is 2.88. The molecule has 90 valence electrons. The fourth-order valence-corrected chi connectivity index (χ4v) is 1.60. The van der Waals surface area contributed by atoms with Crippen molar-refractivity contribution in [2.75, 3.05) is 0 Å². The van der Waals surface area contributed by atoms with Gasteiger partial charge in [0.05, 0.1) is 0 Å². The molecule has 1 aromatic rings. The van der Waals surface area contributed by atoms with Crippen LogP contribution in [0.4, 0.5) is 0 Å². The van der Waals surface area contributed by atoms with Gasteiger partial charge in [-0.2, -0.15) is 0 Å². The van der Waals surface area contributed by atoms with Crippen molar-refractivity contribution in [3.63, 3.8) is 0 Å². The van der Waals surface area contributed by atoms with E-state index < -0.39 is 17.5 Å². The normalized spacial score (nSPS) is 21.3. The molecule has 1 atom stereocenters. The minimum Gasteiger partial charge on any atom is -0.458 e. The van der Waals surface area contributed by atoms with Gasteiger partial charge >= 0.3 is 11.9 Å². The molecule has 1 aliphatic rings. The van der Waals surface area contributed by atoms with E-state index >= 15 is 0 Å². The molecule has 4 heteroatoms. The Morgan fingerprint density at radius 2 is 2.00 bits per heavy atom. The van der Waals surface area contributed by atoms with E-state index in [0.29, 0.717) is 0 Å². The number of ether oxygens (including phenoxy) is 2. The summed E-state index contributed by atoms with van der Waals surface area (Å²) in [6.45, 7) is 3.55. The van der Waals surface area contributed by atoms with Crippen LogP contribution in [-0.4, -0.2) is 18.0 Å². The summed E-state index contributed by atoms with van der Waals surface area (Å²) in [5.74, 6) is -0.849. The second kappa shape index (κ2) is 4.20. The summed E-state index contributed by atoms with van der Waals surface area (Å²) in [6, 6.07) is 9.37. The highest BCUT2D eigenvalue weighted by molar-refractivity contribution is 5.94. The molecule has 0 amide bonds. The molecule has 1 fully saturated rings. The molecule has 0 aliphatic carbocycles. The minimum absolute atomic E-state index is 0.198. The van der Waals surface area contributed by atoms with Crippen molar-refractivity contribution in [1.29, 1.82) is 0 Å². The van der Waals surface area contributed by atoms with Gasteiger partial charge in [0.15, 0.2) is 0 Å². The third kappa shape index (κ3) is 2.16. The van der Waals surface area contributed by atoms with Crippen molar-refractivity contribution in [1.82, 2.24) is 0 Å². The predicted octanol–water partition coefficient (Wildman–Crippen LogP) is 1.68. The minimum atomic E-state index is -0.779. The van der Waals surface area contributed by atoms with Crippen LogP contribution in [0, 0.1) is 5.41 Å². The first-order chi connectivity index (χ1) is 8.01. The molecule has 0 radical (unpaired) electrons. The Morgan fingerprint density at radius 1 is 1.35 bits per heavy atom. The van der Waals surface area contributed by atoms with Gasteiger partial charge in [-0.15, -0.1) is 0 Å². The maximum Gasteiger partial charge on any atom is 0.348 e. The Balaban J connectivity index is 1.89. The zero-order chi connectivity index (χ0) is 12.5. The number of rotatable bonds is 3. The van der Waals surface area contributed by atoms with E-state index in [0.717, 1.165) is 5.56 Å². The second-order valence-electron chi connectivity index (χ2n) is 4.60. The summed E-state index contributed by atoms with van der Waals surface area (Å²) in [6.07, 6.45) is -0.779. The van der Waals surface area contributed by atoms with E-state index in [-0.39, 0.29) is 12.6 Å². The van der Waals surface area contributed by atoms with Crippen molar-refractivity contribution in [3.05, 3.63) is 35.9 Å². The number of hydrogen-bond acceptors (Lipinski definition) is 4. The van der Waals surface area contributed by atoms with Crippen LogP contribution < -0.4 is 0 Å². The zero-order valence-electron chi connectivity index (χ0n) is 9.80. The number of hydrogen-bond donors (Lipinski definition) is 0. The average molecular weight is 234 g/mol. The third-order valence-corrected chi connectivity index (χ3v) is 2.84. The average Bonchev–Trinajstić information content (AvgIpc) is 2.34. The van der Waals surface area contributed by atoms with Crippen LogP contribution in [0.5, 0.6) is 0 Å². The molecule has 0 unspecified atom stereocenters. The monoisotopic (exact) mass is 234 g/mol. The van der Waals surface area contributed by atoms with E-state index in [2.05, 4.69) is 0 Å². The molecule has 2 rings (SSSR count). The summed E-state index contributed by atoms with van der Waals surface area (Å²) >= 11 is 0. The smallest absolute Gasteiger partial charge is 0.348 e. The number of cyclic esters (lactones) is 1. The lowest BCUT2D eigenvalue weighted by Crippen LogP contribution is -2.57. The lowest BCUT2D eigenvalue weighted by Gasteiger charge is -2.39. The van der Waals surface area contributed by atoms with E-state index in [9.17, 15) is 9.59 Å². The summed E-state index contributed by atoms with van der Waals surface area (Å²) in [5.41, 5.74) is 0.137. The quantitative estimate of drug-likeness (QED) is 0.747. The van der Waals surface area contributed by atoms with Gasteiger partial charge in [-0.1, -0.05) is 30.3 Å². The Morgan fingerprint density at radius 3 is 2.53 bits per heavy atom. The molecule has 1 heterocycles. The molecule has 0 bridgehead atoms. The number of carbonyl (C=O) groups is 2. The molecular formula is C13H14O4. The van der Waals surface area contributed by atoms with Gasteiger partial charge in [0.25, 0.3) is 0 Å². The number of esters is 2. The van der Waals surface area contributed by atoms with E-state index in [1.165, 1.54) is 0 Å². The van der Waals surface area contributed by atoms with E-state index in [1.807, 2.05) is 30.3 Å². The maximum absolute atomic E-state index is 11.7. The summed E-state index contributed by atoms with van der Waals surface area (Å²) < 4.78 is 9.89. The second-order valence-corrected chi connectivity index (χ2v) is 4.60. The number of carbonyl (C=O) groups excluding carboxylic acids is 2. The molecule has 0 saturated carbocycles. The van der Waals surface area contributed by atoms with Crippen LogP contribution in [0.25, 0.3) is 0 Å². The molecule has 0 aromatic heterocycles. The first-order valence-corrected chi connectivity index (χ1v) is 5.43. The molecule has 1 saturated heterocycles. The van der Waals surface area contributed by atoms with Crippen LogP contribution in [0.2, 0.25) is 0 Å². The van der Waals surface area contributed by atoms with Crippen LogP contribution in [-0.2, 0) is 25.7 Å². The van der Waals surface area contributed by atoms with Crippen LogP contribution in [0.15, 0.2) is 30.3 Å². The lowest BCUT2D eigenvalue weighted by atomic mass is 9.81. The van der Waals surface area contributed by atoms with Crippen molar-refractivity contribution in [2.24, 2.45) is 5.41 Å². The summed E-state index contributed by atoms with van der Waals surface area (Å²) in [4.78, 5) is 22.8. The maximum atomic E-state index is 11.7. The van der Waals surface area contributed by atoms with Gasteiger partial charge < -0.3 is 9.47 Å². The molecular weight excluding hydrogens is 220 g/mol. The van der Waals surface area contributed by atoms with Crippen LogP contribution in [0.3, 0.4) is 0 Å². The molecule has 4 nitrogen and oxygen atoms in total. The number of benzene rings is 1. The van der Waals surface area contributed by atoms with Crippen molar-refractivity contribution in [3.8, 4) is 0 Å².